The highest BCUT2D eigenvalue weighted by Crippen LogP contribution is 2.66. The van der Waals surface area contributed by atoms with E-state index in [0.717, 1.165) is 0 Å². The van der Waals surface area contributed by atoms with Crippen molar-refractivity contribution in [1.82, 2.24) is 0 Å². The summed E-state index contributed by atoms with van der Waals surface area (Å²) < 4.78 is 6.30. The quantitative estimate of drug-likeness (QED) is 0.558. The lowest BCUT2D eigenvalue weighted by Crippen LogP contribution is -1.75. The van der Waals surface area contributed by atoms with Crippen LogP contribution in [0.3, 0.4) is 0 Å². The molecule has 84 valence electrons. The van der Waals surface area contributed by atoms with E-state index in [-0.39, 0.29) is 0 Å². The van der Waals surface area contributed by atoms with E-state index in [2.05, 4.69) is 0 Å². The van der Waals surface area contributed by atoms with Gasteiger partial charge < -0.3 is 0 Å². The molecule has 0 fully saturated rings. The van der Waals surface area contributed by atoms with Crippen LogP contribution in [0.1, 0.15) is 12.8 Å². The van der Waals surface area contributed by atoms with E-state index in [0.29, 0.717) is 0 Å². The minimum absolute atomic E-state index is 1.30. The molecule has 0 atom stereocenters. The standard InChI is InChI=1S/C10H8S6/c1-3-11-7-5(1)13-9(15-7)10-14-6-2-4-12-8(6)16-10/h1-4H2. The molecule has 4 aliphatic heterocycles. The van der Waals surface area contributed by atoms with Crippen molar-refractivity contribution in [1.29, 1.82) is 0 Å². The van der Waals surface area contributed by atoms with Crippen LogP contribution in [0.4, 0.5) is 0 Å². The normalized spacial score (nSPS) is 33.0. The average Bonchev–Trinajstić information content (AvgIpc) is 2.94. The summed E-state index contributed by atoms with van der Waals surface area (Å²) in [6.07, 6.45) is 2.59. The van der Waals surface area contributed by atoms with Gasteiger partial charge in [-0.3, -0.25) is 0 Å². The Balaban J connectivity index is 1.56. The minimum Gasteiger partial charge on any atom is -0.118 e. The molecule has 0 amide bonds. The SMILES string of the molecule is C1CC2=C(S1)SC(=C1SC3=C(SCC3)S1)S2. The van der Waals surface area contributed by atoms with Gasteiger partial charge in [-0.25, -0.2) is 0 Å². The smallest absolute Gasteiger partial charge is 0.0708 e. The lowest BCUT2D eigenvalue weighted by atomic mass is 10.5. The van der Waals surface area contributed by atoms with Crippen molar-refractivity contribution in [3.05, 3.63) is 26.8 Å². The third-order valence-corrected chi connectivity index (χ3v) is 11.4. The topological polar surface area (TPSA) is 0 Å². The molecule has 0 N–H and O–H groups in total. The molecule has 0 radical (unpaired) electrons. The van der Waals surface area contributed by atoms with Crippen molar-refractivity contribution in [3.8, 4) is 0 Å². The maximum Gasteiger partial charge on any atom is 0.0708 e. The lowest BCUT2D eigenvalue weighted by Gasteiger charge is -2.05. The van der Waals surface area contributed by atoms with E-state index in [4.69, 9.17) is 0 Å². The van der Waals surface area contributed by atoms with Gasteiger partial charge in [0.25, 0.3) is 0 Å². The summed E-state index contributed by atoms with van der Waals surface area (Å²) in [6, 6.07) is 0. The zero-order valence-electron chi connectivity index (χ0n) is 8.28. The molecule has 6 heteroatoms. The van der Waals surface area contributed by atoms with Crippen LogP contribution in [0.15, 0.2) is 26.8 Å². The van der Waals surface area contributed by atoms with Crippen LogP contribution < -0.4 is 0 Å². The summed E-state index contributed by atoms with van der Waals surface area (Å²) >= 11 is 12.2. The minimum atomic E-state index is 1.30. The monoisotopic (exact) mass is 320 g/mol. The average molecular weight is 321 g/mol. The van der Waals surface area contributed by atoms with E-state index in [1.165, 1.54) is 24.3 Å². The first-order valence-electron chi connectivity index (χ1n) is 5.08. The van der Waals surface area contributed by atoms with Gasteiger partial charge in [-0.05, 0) is 12.8 Å². The van der Waals surface area contributed by atoms with Crippen LogP contribution in [0.5, 0.6) is 0 Å². The largest absolute Gasteiger partial charge is 0.118 e. The van der Waals surface area contributed by atoms with Crippen LogP contribution in [-0.2, 0) is 0 Å². The van der Waals surface area contributed by atoms with Crippen molar-refractivity contribution < 1.29 is 0 Å². The summed E-state index contributed by atoms with van der Waals surface area (Å²) in [7, 11) is 0. The van der Waals surface area contributed by atoms with Gasteiger partial charge in [0.1, 0.15) is 0 Å². The second-order valence-corrected chi connectivity index (χ2v) is 11.1. The molecule has 0 saturated heterocycles. The molecule has 0 aliphatic carbocycles. The number of allylic oxidation sites excluding steroid dienone is 2. The fraction of sp³-hybridized carbons (Fsp3) is 0.400. The molecular weight excluding hydrogens is 313 g/mol. The zero-order chi connectivity index (χ0) is 10.5. The molecule has 4 heterocycles. The van der Waals surface area contributed by atoms with Crippen molar-refractivity contribution in [2.24, 2.45) is 0 Å². The summed E-state index contributed by atoms with van der Waals surface area (Å²) in [5.74, 6) is 2.61. The van der Waals surface area contributed by atoms with Gasteiger partial charge in [-0.15, -0.1) is 23.5 Å². The van der Waals surface area contributed by atoms with Gasteiger partial charge in [-0.2, -0.15) is 0 Å². The van der Waals surface area contributed by atoms with Gasteiger partial charge in [0.15, 0.2) is 0 Å². The highest BCUT2D eigenvalue weighted by molar-refractivity contribution is 8.40. The second kappa shape index (κ2) is 4.46. The fourth-order valence-corrected chi connectivity index (χ4v) is 11.0. The summed E-state index contributed by atoms with van der Waals surface area (Å²) in [6.45, 7) is 0. The van der Waals surface area contributed by atoms with Gasteiger partial charge in [0, 0.05) is 21.3 Å². The number of rotatable bonds is 0. The molecule has 0 aromatic rings. The summed E-state index contributed by atoms with van der Waals surface area (Å²) in [4.78, 5) is 3.27. The molecule has 0 saturated carbocycles. The number of hydrogen-bond donors (Lipinski definition) is 0. The van der Waals surface area contributed by atoms with E-state index >= 15 is 0 Å². The van der Waals surface area contributed by atoms with Crippen LogP contribution in [0, 0.1) is 0 Å². The van der Waals surface area contributed by atoms with E-state index in [9.17, 15) is 0 Å². The molecule has 4 rings (SSSR count). The maximum absolute atomic E-state index is 2.05. The zero-order valence-corrected chi connectivity index (χ0v) is 13.2. The Labute approximate surface area is 121 Å². The Hall–Kier alpha value is 1.32. The van der Waals surface area contributed by atoms with Gasteiger partial charge in [0.05, 0.1) is 16.9 Å². The van der Waals surface area contributed by atoms with Crippen LogP contribution >= 0.6 is 70.6 Å². The third-order valence-electron chi connectivity index (χ3n) is 2.55. The Morgan fingerprint density at radius 2 is 1.06 bits per heavy atom. The highest BCUT2D eigenvalue weighted by Gasteiger charge is 2.33. The second-order valence-electron chi connectivity index (χ2n) is 3.60. The predicted octanol–water partition coefficient (Wildman–Crippen LogP) is 5.69. The van der Waals surface area contributed by atoms with E-state index in [1.807, 2.05) is 70.6 Å². The van der Waals surface area contributed by atoms with Crippen LogP contribution in [-0.4, -0.2) is 11.5 Å². The molecule has 0 bridgehead atoms. The predicted molar refractivity (Wildman–Crippen MR) is 85.6 cm³/mol. The number of thioether (sulfide) groups is 6. The molecule has 0 nitrogen and oxygen atoms in total. The molecule has 0 unspecified atom stereocenters. The van der Waals surface area contributed by atoms with Crippen molar-refractivity contribution in [2.75, 3.05) is 11.5 Å². The Bertz CT molecular complexity index is 380. The first kappa shape index (κ1) is 11.2. The summed E-state index contributed by atoms with van der Waals surface area (Å²) in [5, 5.41) is 0. The van der Waals surface area contributed by atoms with Crippen molar-refractivity contribution >= 4 is 70.6 Å². The van der Waals surface area contributed by atoms with E-state index in [1.54, 1.807) is 26.8 Å². The number of hydrogen-bond acceptors (Lipinski definition) is 6. The molecule has 0 spiro atoms. The highest BCUT2D eigenvalue weighted by atomic mass is 32.2. The van der Waals surface area contributed by atoms with Crippen LogP contribution in [0.2, 0.25) is 0 Å². The molecule has 16 heavy (non-hydrogen) atoms. The fourth-order valence-electron chi connectivity index (χ4n) is 1.80. The third kappa shape index (κ3) is 1.84. The Morgan fingerprint density at radius 3 is 1.50 bits per heavy atom. The first-order valence-corrected chi connectivity index (χ1v) is 10.3. The lowest BCUT2D eigenvalue weighted by molar-refractivity contribution is 1.25. The molecular formula is C10H8S6. The summed E-state index contributed by atoms with van der Waals surface area (Å²) in [5.41, 5.74) is 0. The molecule has 4 aliphatic rings. The molecule has 0 aromatic heterocycles. The molecule has 0 aromatic carbocycles. The Kier molecular flexibility index (Phi) is 3.11. The Morgan fingerprint density at radius 1 is 0.562 bits per heavy atom. The maximum atomic E-state index is 2.05. The van der Waals surface area contributed by atoms with Crippen molar-refractivity contribution in [2.45, 2.75) is 12.8 Å². The van der Waals surface area contributed by atoms with Crippen LogP contribution in [0.25, 0.3) is 0 Å². The van der Waals surface area contributed by atoms with E-state index < -0.39 is 0 Å². The van der Waals surface area contributed by atoms with Gasteiger partial charge >= 0.3 is 0 Å². The van der Waals surface area contributed by atoms with Crippen molar-refractivity contribution in [3.63, 3.8) is 0 Å². The first-order chi connectivity index (χ1) is 7.90. The van der Waals surface area contributed by atoms with Gasteiger partial charge in [0.2, 0.25) is 0 Å². The van der Waals surface area contributed by atoms with Gasteiger partial charge in [-0.1, -0.05) is 47.0 Å².